The number of benzene rings is 3. The summed E-state index contributed by atoms with van der Waals surface area (Å²) in [5, 5.41) is 18.5. The van der Waals surface area contributed by atoms with E-state index < -0.39 is 17.6 Å². The molecule has 3 heterocycles. The minimum atomic E-state index is -1.08. The quantitative estimate of drug-likeness (QED) is 0.213. The zero-order valence-electron chi connectivity index (χ0n) is 24.1. The number of aromatic nitrogens is 3. The molecule has 1 unspecified atom stereocenters. The molecule has 0 radical (unpaired) electrons. The maximum Gasteiger partial charge on any atom is 0.335 e. The highest BCUT2D eigenvalue weighted by molar-refractivity contribution is 5.92. The predicted molar refractivity (Wildman–Crippen MR) is 158 cm³/mol. The van der Waals surface area contributed by atoms with E-state index in [-0.39, 0.29) is 47.1 Å². The fourth-order valence-electron chi connectivity index (χ4n) is 5.49. The normalized spacial score (nSPS) is 15.8. The number of rotatable bonds is 8. The number of pyridine rings is 1. The smallest absolute Gasteiger partial charge is 0.335 e. The Hall–Kier alpha value is -5.14. The zero-order chi connectivity index (χ0) is 31.0. The third-order valence-corrected chi connectivity index (χ3v) is 7.94. The Morgan fingerprint density at radius 2 is 1.84 bits per heavy atom. The molecule has 2 aromatic heterocycles. The standard InChI is InChI=1S/C34H28F2N4O4/c1-34(2)19-43-18-30(34)40-29-14-22(33(41)42)10-11-28(29)38-31(40)15-24-25(35)12-23(13-26(24)36)27-4-3-5-32(39-27)44-17-21-8-6-20(16-37)7-9-21/h3-14,30H,15,17-19H2,1-2H3,(H,41,42). The second-order valence-corrected chi connectivity index (χ2v) is 11.5. The van der Waals surface area contributed by atoms with E-state index >= 15 is 8.78 Å². The summed E-state index contributed by atoms with van der Waals surface area (Å²) in [7, 11) is 0. The van der Waals surface area contributed by atoms with Crippen molar-refractivity contribution in [2.24, 2.45) is 5.41 Å². The van der Waals surface area contributed by atoms with E-state index in [1.54, 1.807) is 54.6 Å². The Bertz CT molecular complexity index is 1910. The van der Waals surface area contributed by atoms with Crippen LogP contribution in [0.3, 0.4) is 0 Å². The first kappa shape index (κ1) is 29.0. The van der Waals surface area contributed by atoms with Crippen LogP contribution >= 0.6 is 0 Å². The van der Waals surface area contributed by atoms with Gasteiger partial charge in [0.25, 0.3) is 0 Å². The van der Waals surface area contributed by atoms with Crippen molar-refractivity contribution in [3.63, 3.8) is 0 Å². The summed E-state index contributed by atoms with van der Waals surface area (Å²) in [4.78, 5) is 20.8. The lowest BCUT2D eigenvalue weighted by Gasteiger charge is -2.28. The first-order valence-electron chi connectivity index (χ1n) is 14.0. The van der Waals surface area contributed by atoms with Gasteiger partial charge in [0.2, 0.25) is 5.88 Å². The van der Waals surface area contributed by atoms with Gasteiger partial charge in [-0.25, -0.2) is 23.5 Å². The number of ether oxygens (including phenoxy) is 2. The van der Waals surface area contributed by atoms with Gasteiger partial charge in [-0.2, -0.15) is 5.26 Å². The average molecular weight is 595 g/mol. The van der Waals surface area contributed by atoms with Crippen molar-refractivity contribution < 1.29 is 28.2 Å². The van der Waals surface area contributed by atoms with E-state index in [0.717, 1.165) is 5.56 Å². The van der Waals surface area contributed by atoms with Crippen LogP contribution in [0, 0.1) is 28.4 Å². The van der Waals surface area contributed by atoms with E-state index in [4.69, 9.17) is 14.7 Å². The number of fused-ring (bicyclic) bond motifs is 1. The zero-order valence-corrected chi connectivity index (χ0v) is 24.1. The molecule has 1 atom stereocenters. The summed E-state index contributed by atoms with van der Waals surface area (Å²) in [5.41, 5.74) is 2.70. The third kappa shape index (κ3) is 5.62. The summed E-state index contributed by atoms with van der Waals surface area (Å²) in [6.45, 7) is 5.12. The molecule has 1 fully saturated rings. The molecule has 44 heavy (non-hydrogen) atoms. The number of nitrogens with zero attached hydrogens (tertiary/aromatic N) is 4. The monoisotopic (exact) mass is 594 g/mol. The second-order valence-electron chi connectivity index (χ2n) is 11.5. The fraction of sp³-hybridized carbons (Fsp3) is 0.235. The number of aromatic carboxylic acids is 1. The number of hydrogen-bond acceptors (Lipinski definition) is 6. The Morgan fingerprint density at radius 3 is 2.50 bits per heavy atom. The Morgan fingerprint density at radius 1 is 1.09 bits per heavy atom. The van der Waals surface area contributed by atoms with E-state index in [9.17, 15) is 9.90 Å². The van der Waals surface area contributed by atoms with Crippen LogP contribution in [0.1, 0.15) is 52.8 Å². The molecule has 5 aromatic rings. The van der Waals surface area contributed by atoms with Gasteiger partial charge in [0.15, 0.2) is 0 Å². The van der Waals surface area contributed by atoms with Gasteiger partial charge in [0, 0.05) is 29.0 Å². The third-order valence-electron chi connectivity index (χ3n) is 7.94. The van der Waals surface area contributed by atoms with Crippen LogP contribution < -0.4 is 4.74 Å². The topological polar surface area (TPSA) is 110 Å². The molecule has 6 rings (SSSR count). The number of halogens is 2. The molecule has 1 aliphatic rings. The van der Waals surface area contributed by atoms with E-state index in [2.05, 4.69) is 16.0 Å². The highest BCUT2D eigenvalue weighted by Gasteiger charge is 2.39. The van der Waals surface area contributed by atoms with Crippen LogP contribution in [-0.4, -0.2) is 38.8 Å². The SMILES string of the molecule is CC1(C)COCC1n1c(Cc2c(F)cc(-c3cccc(OCc4ccc(C#N)cc4)n3)cc2F)nc2ccc(C(=O)O)cc21. The first-order valence-corrected chi connectivity index (χ1v) is 14.0. The summed E-state index contributed by atoms with van der Waals surface area (Å²) in [5.74, 6) is -1.89. The van der Waals surface area contributed by atoms with Crippen LogP contribution in [-0.2, 0) is 17.8 Å². The molecule has 10 heteroatoms. The van der Waals surface area contributed by atoms with Gasteiger partial charge in [-0.05, 0) is 54.1 Å². The number of nitriles is 1. The van der Waals surface area contributed by atoms with Crippen molar-refractivity contribution in [3.8, 4) is 23.2 Å². The summed E-state index contributed by atoms with van der Waals surface area (Å²) < 4.78 is 44.7. The van der Waals surface area contributed by atoms with Crippen LogP contribution in [0.25, 0.3) is 22.3 Å². The number of carboxylic acid groups (broad SMARTS) is 1. The maximum absolute atomic E-state index is 15.6. The molecular formula is C34H28F2N4O4. The van der Waals surface area contributed by atoms with Gasteiger partial charge in [0.05, 0.1) is 53.2 Å². The largest absolute Gasteiger partial charge is 0.478 e. The number of carbonyl (C=O) groups is 1. The van der Waals surface area contributed by atoms with Crippen molar-refractivity contribution in [3.05, 3.63) is 113 Å². The Kier molecular flexibility index (Phi) is 7.57. The molecule has 0 amide bonds. The molecule has 0 spiro atoms. The highest BCUT2D eigenvalue weighted by atomic mass is 19.1. The minimum Gasteiger partial charge on any atom is -0.478 e. The van der Waals surface area contributed by atoms with Gasteiger partial charge in [-0.3, -0.25) is 0 Å². The van der Waals surface area contributed by atoms with E-state index in [1.165, 1.54) is 18.2 Å². The van der Waals surface area contributed by atoms with Crippen LogP contribution in [0.15, 0.2) is 72.8 Å². The first-order chi connectivity index (χ1) is 21.1. The Labute approximate surface area is 252 Å². The molecule has 1 aliphatic heterocycles. The Balaban J connectivity index is 1.30. The minimum absolute atomic E-state index is 0.0965. The fourth-order valence-corrected chi connectivity index (χ4v) is 5.49. The number of imidazole rings is 1. The van der Waals surface area contributed by atoms with Gasteiger partial charge >= 0.3 is 5.97 Å². The van der Waals surface area contributed by atoms with Gasteiger partial charge < -0.3 is 19.1 Å². The van der Waals surface area contributed by atoms with E-state index in [1.807, 2.05) is 18.4 Å². The van der Waals surface area contributed by atoms with Gasteiger partial charge in [0.1, 0.15) is 24.1 Å². The highest BCUT2D eigenvalue weighted by Crippen LogP contribution is 2.40. The van der Waals surface area contributed by atoms with Crippen molar-refractivity contribution in [1.82, 2.24) is 14.5 Å². The molecule has 222 valence electrons. The van der Waals surface area contributed by atoms with Crippen molar-refractivity contribution in [1.29, 1.82) is 5.26 Å². The molecule has 3 aromatic carbocycles. The number of carboxylic acids is 1. The summed E-state index contributed by atoms with van der Waals surface area (Å²) >= 11 is 0. The van der Waals surface area contributed by atoms with Crippen molar-refractivity contribution in [2.45, 2.75) is 32.9 Å². The second kappa shape index (κ2) is 11.5. The molecule has 0 saturated carbocycles. The maximum atomic E-state index is 15.6. The van der Waals surface area contributed by atoms with Gasteiger partial charge in [-0.15, -0.1) is 0 Å². The lowest BCUT2D eigenvalue weighted by Crippen LogP contribution is -2.27. The lowest BCUT2D eigenvalue weighted by molar-refractivity contribution is 0.0697. The number of hydrogen-bond donors (Lipinski definition) is 1. The lowest BCUT2D eigenvalue weighted by atomic mass is 9.87. The summed E-state index contributed by atoms with van der Waals surface area (Å²) in [6, 6.07) is 20.9. The molecule has 1 saturated heterocycles. The molecule has 8 nitrogen and oxygen atoms in total. The van der Waals surface area contributed by atoms with Crippen LogP contribution in [0.2, 0.25) is 0 Å². The molecular weight excluding hydrogens is 566 g/mol. The van der Waals surface area contributed by atoms with Crippen molar-refractivity contribution in [2.75, 3.05) is 13.2 Å². The van der Waals surface area contributed by atoms with Gasteiger partial charge in [-0.1, -0.05) is 32.0 Å². The predicted octanol–water partition coefficient (Wildman–Crippen LogP) is 6.71. The molecule has 0 bridgehead atoms. The van der Waals surface area contributed by atoms with Crippen LogP contribution in [0.4, 0.5) is 8.78 Å². The van der Waals surface area contributed by atoms with Crippen LogP contribution in [0.5, 0.6) is 5.88 Å². The van der Waals surface area contributed by atoms with E-state index in [0.29, 0.717) is 41.3 Å². The van der Waals surface area contributed by atoms with Crippen molar-refractivity contribution >= 4 is 17.0 Å². The average Bonchev–Trinajstić information content (AvgIpc) is 3.55. The summed E-state index contributed by atoms with van der Waals surface area (Å²) in [6.07, 6.45) is -0.150. The molecule has 0 aliphatic carbocycles. The molecule has 1 N–H and O–H groups in total.